The molecule has 0 saturated carbocycles. The van der Waals surface area contributed by atoms with Crippen molar-refractivity contribution in [3.05, 3.63) is 22.7 Å². The second-order valence-electron chi connectivity index (χ2n) is 6.73. The normalized spacial score (nSPS) is 19.1. The molecule has 0 spiro atoms. The third-order valence-corrected chi connectivity index (χ3v) is 6.55. The van der Waals surface area contributed by atoms with Crippen LogP contribution >= 0.6 is 22.9 Å². The lowest BCUT2D eigenvalue weighted by molar-refractivity contribution is 0.0438. The Morgan fingerprint density at radius 2 is 1.88 bits per heavy atom. The maximum atomic E-state index is 12.7. The van der Waals surface area contributed by atoms with E-state index in [1.165, 1.54) is 0 Å². The molecule has 4 rings (SSSR count). The number of hydrogen-bond donors (Lipinski definition) is 0. The molecule has 3 heterocycles. The van der Waals surface area contributed by atoms with Gasteiger partial charge in [0.15, 0.2) is 5.13 Å². The minimum absolute atomic E-state index is 0.141. The number of halogens is 1. The first-order valence-corrected chi connectivity index (χ1v) is 10.2. The van der Waals surface area contributed by atoms with Gasteiger partial charge in [0.25, 0.3) is 0 Å². The number of carbonyl (C=O) groups is 1. The Morgan fingerprint density at radius 3 is 2.69 bits per heavy atom. The monoisotopic (exact) mass is 394 g/mol. The van der Waals surface area contributed by atoms with E-state index in [2.05, 4.69) is 4.90 Å². The predicted molar refractivity (Wildman–Crippen MR) is 106 cm³/mol. The molecule has 0 radical (unpaired) electrons. The van der Waals surface area contributed by atoms with Gasteiger partial charge < -0.3 is 19.4 Å². The van der Waals surface area contributed by atoms with Gasteiger partial charge in [-0.05, 0) is 31.0 Å². The fourth-order valence-corrected chi connectivity index (χ4v) is 4.71. The van der Waals surface area contributed by atoms with Gasteiger partial charge in [0.2, 0.25) is 0 Å². The van der Waals surface area contributed by atoms with Crippen LogP contribution in [-0.4, -0.2) is 73.3 Å². The summed E-state index contributed by atoms with van der Waals surface area (Å²) in [4.78, 5) is 23.7. The lowest BCUT2D eigenvalue weighted by Crippen LogP contribution is -2.49. The van der Waals surface area contributed by atoms with Crippen molar-refractivity contribution < 1.29 is 9.53 Å². The molecule has 0 atom stereocenters. The summed E-state index contributed by atoms with van der Waals surface area (Å²) in [6.45, 7) is 7.92. The summed E-state index contributed by atoms with van der Waals surface area (Å²) in [5.41, 5.74) is 2.02. The molecule has 0 unspecified atom stereocenters. The van der Waals surface area contributed by atoms with Crippen molar-refractivity contribution in [2.24, 2.45) is 0 Å². The van der Waals surface area contributed by atoms with Gasteiger partial charge in [-0.1, -0.05) is 22.9 Å². The van der Waals surface area contributed by atoms with Gasteiger partial charge in [-0.2, -0.15) is 0 Å². The maximum Gasteiger partial charge on any atom is 0.320 e. The molecule has 2 aliphatic rings. The number of morpholine rings is 1. The average Bonchev–Trinajstić information content (AvgIpc) is 2.95. The molecular weight excluding hydrogens is 372 g/mol. The van der Waals surface area contributed by atoms with E-state index in [0.717, 1.165) is 58.5 Å². The molecule has 8 heteroatoms. The first kappa shape index (κ1) is 17.8. The molecule has 2 aliphatic heterocycles. The number of ether oxygens (including phenoxy) is 1. The fourth-order valence-electron chi connectivity index (χ4n) is 3.48. The van der Waals surface area contributed by atoms with Gasteiger partial charge in [0.05, 0.1) is 23.4 Å². The number of hydrogen-bond acceptors (Lipinski definition) is 5. The van der Waals surface area contributed by atoms with Crippen molar-refractivity contribution in [2.75, 3.05) is 57.4 Å². The van der Waals surface area contributed by atoms with E-state index in [0.29, 0.717) is 26.3 Å². The highest BCUT2D eigenvalue weighted by Gasteiger charge is 2.26. The van der Waals surface area contributed by atoms with Crippen LogP contribution in [0.25, 0.3) is 10.2 Å². The van der Waals surface area contributed by atoms with Crippen molar-refractivity contribution in [2.45, 2.75) is 13.3 Å². The highest BCUT2D eigenvalue weighted by Crippen LogP contribution is 2.33. The number of benzene rings is 1. The quantitative estimate of drug-likeness (QED) is 0.745. The number of aromatic nitrogens is 1. The van der Waals surface area contributed by atoms with Crippen molar-refractivity contribution >= 4 is 44.3 Å². The second kappa shape index (κ2) is 7.58. The topological polar surface area (TPSA) is 48.9 Å². The van der Waals surface area contributed by atoms with E-state index in [4.69, 9.17) is 21.3 Å². The SMILES string of the molecule is Cc1c(Cl)ccc2sc(N3CCCN(C(=O)N4CCOCC4)CC3)nc12. The second-order valence-corrected chi connectivity index (χ2v) is 8.14. The number of anilines is 1. The van der Waals surface area contributed by atoms with Crippen molar-refractivity contribution in [3.8, 4) is 0 Å². The molecule has 0 N–H and O–H groups in total. The third-order valence-electron chi connectivity index (χ3n) is 5.06. The Bertz CT molecular complexity index is 806. The molecule has 2 aromatic rings. The van der Waals surface area contributed by atoms with Gasteiger partial charge >= 0.3 is 6.03 Å². The Labute approximate surface area is 162 Å². The van der Waals surface area contributed by atoms with Crippen LogP contribution in [0.4, 0.5) is 9.93 Å². The minimum Gasteiger partial charge on any atom is -0.378 e. The van der Waals surface area contributed by atoms with Gasteiger partial charge in [-0.3, -0.25) is 0 Å². The van der Waals surface area contributed by atoms with E-state index >= 15 is 0 Å². The Hall–Kier alpha value is -1.57. The number of nitrogens with zero attached hydrogens (tertiary/aromatic N) is 4. The van der Waals surface area contributed by atoms with Crippen LogP contribution in [0.2, 0.25) is 5.02 Å². The van der Waals surface area contributed by atoms with Gasteiger partial charge in [0, 0.05) is 44.3 Å². The molecule has 6 nitrogen and oxygen atoms in total. The van der Waals surface area contributed by atoms with Crippen LogP contribution in [0.15, 0.2) is 12.1 Å². The molecule has 0 aliphatic carbocycles. The largest absolute Gasteiger partial charge is 0.378 e. The summed E-state index contributed by atoms with van der Waals surface area (Å²) in [5.74, 6) is 0. The molecular formula is C18H23ClN4O2S. The number of aryl methyl sites for hydroxylation is 1. The smallest absolute Gasteiger partial charge is 0.320 e. The summed E-state index contributed by atoms with van der Waals surface area (Å²) in [6, 6.07) is 4.12. The van der Waals surface area contributed by atoms with E-state index in [9.17, 15) is 4.79 Å². The van der Waals surface area contributed by atoms with E-state index in [1.807, 2.05) is 28.9 Å². The van der Waals surface area contributed by atoms with E-state index in [1.54, 1.807) is 11.3 Å². The molecule has 140 valence electrons. The van der Waals surface area contributed by atoms with Crippen LogP contribution in [0.3, 0.4) is 0 Å². The lowest BCUT2D eigenvalue weighted by atomic mass is 10.2. The Balaban J connectivity index is 1.46. The number of urea groups is 1. The minimum atomic E-state index is 0.141. The summed E-state index contributed by atoms with van der Waals surface area (Å²) < 4.78 is 6.51. The molecule has 2 fully saturated rings. The standard InChI is InChI=1S/C18H23ClN4O2S/c1-13-14(19)3-4-15-16(13)20-17(26-15)21-5-2-6-22(8-7-21)18(24)23-9-11-25-12-10-23/h3-4H,2,5-12H2,1H3. The zero-order valence-corrected chi connectivity index (χ0v) is 16.5. The average molecular weight is 395 g/mol. The number of fused-ring (bicyclic) bond motifs is 1. The van der Waals surface area contributed by atoms with Gasteiger partial charge in [-0.15, -0.1) is 0 Å². The molecule has 2 amide bonds. The van der Waals surface area contributed by atoms with Crippen molar-refractivity contribution in [3.63, 3.8) is 0 Å². The molecule has 0 bridgehead atoms. The van der Waals surface area contributed by atoms with Crippen LogP contribution in [-0.2, 0) is 4.74 Å². The van der Waals surface area contributed by atoms with Crippen LogP contribution in [0.5, 0.6) is 0 Å². The van der Waals surface area contributed by atoms with E-state index in [-0.39, 0.29) is 6.03 Å². The summed E-state index contributed by atoms with van der Waals surface area (Å²) in [5, 5.41) is 1.78. The summed E-state index contributed by atoms with van der Waals surface area (Å²) in [7, 11) is 0. The van der Waals surface area contributed by atoms with Crippen molar-refractivity contribution in [1.82, 2.24) is 14.8 Å². The highest BCUT2D eigenvalue weighted by molar-refractivity contribution is 7.22. The lowest BCUT2D eigenvalue weighted by Gasteiger charge is -2.32. The highest BCUT2D eigenvalue weighted by atomic mass is 35.5. The van der Waals surface area contributed by atoms with Gasteiger partial charge in [-0.25, -0.2) is 9.78 Å². The zero-order chi connectivity index (χ0) is 18.1. The van der Waals surface area contributed by atoms with Crippen molar-refractivity contribution in [1.29, 1.82) is 0 Å². The molecule has 26 heavy (non-hydrogen) atoms. The number of amides is 2. The fraction of sp³-hybridized carbons (Fsp3) is 0.556. The van der Waals surface area contributed by atoms with Crippen LogP contribution in [0, 0.1) is 6.92 Å². The first-order valence-electron chi connectivity index (χ1n) is 9.05. The maximum absolute atomic E-state index is 12.7. The van der Waals surface area contributed by atoms with Crippen LogP contribution < -0.4 is 4.90 Å². The number of rotatable bonds is 1. The Morgan fingerprint density at radius 1 is 1.12 bits per heavy atom. The summed E-state index contributed by atoms with van der Waals surface area (Å²) in [6.07, 6.45) is 0.950. The molecule has 1 aromatic heterocycles. The van der Waals surface area contributed by atoms with Gasteiger partial charge in [0.1, 0.15) is 0 Å². The third kappa shape index (κ3) is 3.48. The first-order chi connectivity index (χ1) is 12.6. The predicted octanol–water partition coefficient (Wildman–Crippen LogP) is 3.22. The number of carbonyl (C=O) groups excluding carboxylic acids is 1. The Kier molecular flexibility index (Phi) is 5.20. The molecule has 1 aromatic carbocycles. The van der Waals surface area contributed by atoms with E-state index < -0.39 is 0 Å². The molecule has 2 saturated heterocycles. The number of thiazole rings is 1. The van der Waals surface area contributed by atoms with Crippen LogP contribution in [0.1, 0.15) is 12.0 Å². The summed E-state index contributed by atoms with van der Waals surface area (Å²) >= 11 is 7.93. The zero-order valence-electron chi connectivity index (χ0n) is 14.9.